The maximum atomic E-state index is 11.0. The Labute approximate surface area is 187 Å². The topological polar surface area (TPSA) is 60.7 Å². The van der Waals surface area contributed by atoms with Gasteiger partial charge in [-0.25, -0.2) is 0 Å². The molecule has 32 heavy (non-hydrogen) atoms. The number of para-hydroxylation sites is 1. The lowest BCUT2D eigenvalue weighted by Gasteiger charge is -2.09. The summed E-state index contributed by atoms with van der Waals surface area (Å²) in [4.78, 5) is 11.0. The van der Waals surface area contributed by atoms with Gasteiger partial charge in [0.2, 0.25) is 0 Å². The highest BCUT2D eigenvalue weighted by molar-refractivity contribution is 5.86. The predicted octanol–water partition coefficient (Wildman–Crippen LogP) is 5.45. The van der Waals surface area contributed by atoms with Crippen molar-refractivity contribution in [3.05, 3.63) is 89.6 Å². The van der Waals surface area contributed by atoms with Gasteiger partial charge in [0.05, 0.1) is 19.7 Å². The van der Waals surface area contributed by atoms with Crippen LogP contribution in [0.5, 0.6) is 11.5 Å². The van der Waals surface area contributed by atoms with Gasteiger partial charge in [-0.05, 0) is 72.4 Å². The van der Waals surface area contributed by atoms with Crippen molar-refractivity contribution < 1.29 is 19.4 Å². The largest absolute Gasteiger partial charge is 0.493 e. The standard InChI is InChI=1S/C27H27NO4/c1-31-25-14-10-20(17-26(25)32-2)8-12-21-18-28(22-6-4-3-5-7-22)24-13-9-19(16-23(21)24)11-15-27(29)30/h3-7,9-10,13-14,16-18H,8,11-12,15H2,1-2H3,(H,29,30). The van der Waals surface area contributed by atoms with Crippen molar-refractivity contribution in [3.63, 3.8) is 0 Å². The molecule has 0 fully saturated rings. The second-order valence-corrected chi connectivity index (χ2v) is 7.79. The number of aromatic nitrogens is 1. The number of nitrogens with zero attached hydrogens (tertiary/aromatic N) is 1. The molecular weight excluding hydrogens is 402 g/mol. The highest BCUT2D eigenvalue weighted by Crippen LogP contribution is 2.30. The summed E-state index contributed by atoms with van der Waals surface area (Å²) in [6.07, 6.45) is 4.56. The van der Waals surface area contributed by atoms with E-state index in [2.05, 4.69) is 41.1 Å². The van der Waals surface area contributed by atoms with Gasteiger partial charge in [-0.3, -0.25) is 4.79 Å². The van der Waals surface area contributed by atoms with Crippen molar-refractivity contribution in [1.29, 1.82) is 0 Å². The molecule has 0 aliphatic heterocycles. The molecule has 0 saturated heterocycles. The molecule has 3 aromatic carbocycles. The second-order valence-electron chi connectivity index (χ2n) is 7.79. The molecule has 0 amide bonds. The lowest BCUT2D eigenvalue weighted by atomic mass is 10.0. The molecule has 164 valence electrons. The Morgan fingerprint density at radius 1 is 0.844 bits per heavy atom. The second kappa shape index (κ2) is 9.60. The summed E-state index contributed by atoms with van der Waals surface area (Å²) >= 11 is 0. The van der Waals surface area contributed by atoms with E-state index in [9.17, 15) is 4.79 Å². The van der Waals surface area contributed by atoms with Gasteiger partial charge >= 0.3 is 5.97 Å². The number of carboxylic acid groups (broad SMARTS) is 1. The summed E-state index contributed by atoms with van der Waals surface area (Å²) in [6.45, 7) is 0. The summed E-state index contributed by atoms with van der Waals surface area (Å²) in [5.41, 5.74) is 5.67. The smallest absolute Gasteiger partial charge is 0.303 e. The minimum Gasteiger partial charge on any atom is -0.493 e. The lowest BCUT2D eigenvalue weighted by Crippen LogP contribution is -1.97. The first-order valence-corrected chi connectivity index (χ1v) is 10.7. The molecule has 1 N–H and O–H groups in total. The molecular formula is C27H27NO4. The molecule has 0 saturated carbocycles. The maximum Gasteiger partial charge on any atom is 0.303 e. The molecule has 0 radical (unpaired) electrons. The van der Waals surface area contributed by atoms with Gasteiger partial charge in [0, 0.05) is 23.7 Å². The fraction of sp³-hybridized carbons (Fsp3) is 0.222. The first-order valence-electron chi connectivity index (χ1n) is 10.7. The van der Waals surface area contributed by atoms with Gasteiger partial charge in [-0.15, -0.1) is 0 Å². The van der Waals surface area contributed by atoms with Crippen LogP contribution in [-0.4, -0.2) is 29.9 Å². The molecule has 0 bridgehead atoms. The first-order chi connectivity index (χ1) is 15.6. The lowest BCUT2D eigenvalue weighted by molar-refractivity contribution is -0.136. The molecule has 5 nitrogen and oxygen atoms in total. The molecule has 5 heteroatoms. The highest BCUT2D eigenvalue weighted by atomic mass is 16.5. The predicted molar refractivity (Wildman–Crippen MR) is 126 cm³/mol. The fourth-order valence-corrected chi connectivity index (χ4v) is 4.07. The molecule has 1 aromatic heterocycles. The minimum absolute atomic E-state index is 0.131. The van der Waals surface area contributed by atoms with E-state index < -0.39 is 5.97 Å². The summed E-state index contributed by atoms with van der Waals surface area (Å²) in [5, 5.41) is 10.2. The summed E-state index contributed by atoms with van der Waals surface area (Å²) in [6, 6.07) is 22.6. The number of hydrogen-bond acceptors (Lipinski definition) is 3. The number of aryl methyl sites for hydroxylation is 3. The van der Waals surface area contributed by atoms with Gasteiger partial charge in [-0.1, -0.05) is 30.3 Å². The number of rotatable bonds is 9. The van der Waals surface area contributed by atoms with Crippen LogP contribution in [0.1, 0.15) is 23.1 Å². The average molecular weight is 430 g/mol. The van der Waals surface area contributed by atoms with Crippen LogP contribution in [-0.2, 0) is 24.1 Å². The molecule has 0 spiro atoms. The molecule has 0 unspecified atom stereocenters. The first kappa shape index (κ1) is 21.5. The Balaban J connectivity index is 1.68. The molecule has 1 heterocycles. The van der Waals surface area contributed by atoms with Crippen molar-refractivity contribution in [2.75, 3.05) is 14.2 Å². The van der Waals surface area contributed by atoms with Crippen molar-refractivity contribution >= 4 is 16.9 Å². The van der Waals surface area contributed by atoms with Crippen LogP contribution >= 0.6 is 0 Å². The van der Waals surface area contributed by atoms with Crippen LogP contribution in [0.15, 0.2) is 72.9 Å². The van der Waals surface area contributed by atoms with Crippen molar-refractivity contribution in [1.82, 2.24) is 4.57 Å². The van der Waals surface area contributed by atoms with E-state index in [-0.39, 0.29) is 6.42 Å². The number of carboxylic acids is 1. The zero-order valence-electron chi connectivity index (χ0n) is 18.4. The highest BCUT2D eigenvalue weighted by Gasteiger charge is 2.12. The number of hydrogen-bond donors (Lipinski definition) is 1. The molecule has 4 aromatic rings. The van der Waals surface area contributed by atoms with Crippen LogP contribution in [0.4, 0.5) is 0 Å². The summed E-state index contributed by atoms with van der Waals surface area (Å²) in [7, 11) is 3.28. The number of fused-ring (bicyclic) bond motifs is 1. The Morgan fingerprint density at radius 3 is 2.28 bits per heavy atom. The van der Waals surface area contributed by atoms with Crippen LogP contribution in [0.2, 0.25) is 0 Å². The number of benzene rings is 3. The Bertz CT molecular complexity index is 1230. The fourth-order valence-electron chi connectivity index (χ4n) is 4.07. The third-order valence-electron chi connectivity index (χ3n) is 5.74. The van der Waals surface area contributed by atoms with Crippen LogP contribution in [0, 0.1) is 0 Å². The van der Waals surface area contributed by atoms with E-state index in [4.69, 9.17) is 14.6 Å². The van der Waals surface area contributed by atoms with Gasteiger partial charge in [0.25, 0.3) is 0 Å². The Hall–Kier alpha value is -3.73. The molecule has 4 rings (SSSR count). The van der Waals surface area contributed by atoms with Crippen LogP contribution < -0.4 is 9.47 Å². The SMILES string of the molecule is COc1ccc(CCc2cn(-c3ccccc3)c3ccc(CCC(=O)O)cc23)cc1OC. The van der Waals surface area contributed by atoms with Gasteiger partial charge < -0.3 is 19.1 Å². The average Bonchev–Trinajstić information content (AvgIpc) is 3.19. The Morgan fingerprint density at radius 2 is 1.56 bits per heavy atom. The zero-order chi connectivity index (χ0) is 22.5. The minimum atomic E-state index is -0.777. The van der Waals surface area contributed by atoms with Crippen molar-refractivity contribution in [3.8, 4) is 17.2 Å². The third kappa shape index (κ3) is 4.62. The van der Waals surface area contributed by atoms with Crippen molar-refractivity contribution in [2.24, 2.45) is 0 Å². The summed E-state index contributed by atoms with van der Waals surface area (Å²) < 4.78 is 13.0. The van der Waals surface area contributed by atoms with Gasteiger partial charge in [-0.2, -0.15) is 0 Å². The van der Waals surface area contributed by atoms with Crippen LogP contribution in [0.25, 0.3) is 16.6 Å². The Kier molecular flexibility index (Phi) is 6.45. The number of methoxy groups -OCH3 is 2. The van der Waals surface area contributed by atoms with E-state index in [1.807, 2.05) is 36.4 Å². The van der Waals surface area contributed by atoms with E-state index in [1.165, 1.54) is 11.1 Å². The number of aliphatic carboxylic acids is 1. The third-order valence-corrected chi connectivity index (χ3v) is 5.74. The molecule has 0 atom stereocenters. The number of ether oxygens (including phenoxy) is 2. The number of carbonyl (C=O) groups is 1. The van der Waals surface area contributed by atoms with E-state index >= 15 is 0 Å². The van der Waals surface area contributed by atoms with Crippen LogP contribution in [0.3, 0.4) is 0 Å². The quantitative estimate of drug-likeness (QED) is 0.384. The summed E-state index contributed by atoms with van der Waals surface area (Å²) in [5.74, 6) is 0.674. The van der Waals surface area contributed by atoms with Gasteiger partial charge in [0.1, 0.15) is 0 Å². The zero-order valence-corrected chi connectivity index (χ0v) is 18.4. The monoisotopic (exact) mass is 429 g/mol. The maximum absolute atomic E-state index is 11.0. The van der Waals surface area contributed by atoms with Gasteiger partial charge in [0.15, 0.2) is 11.5 Å². The van der Waals surface area contributed by atoms with E-state index in [1.54, 1.807) is 14.2 Å². The molecule has 0 aliphatic rings. The van der Waals surface area contributed by atoms with E-state index in [0.717, 1.165) is 46.5 Å². The van der Waals surface area contributed by atoms with E-state index in [0.29, 0.717) is 6.42 Å². The van der Waals surface area contributed by atoms with Crippen molar-refractivity contribution in [2.45, 2.75) is 25.7 Å². The molecule has 0 aliphatic carbocycles. The normalized spacial score (nSPS) is 10.9.